The Morgan fingerprint density at radius 2 is 2.60 bits per heavy atom. The van der Waals surface area contributed by atoms with Crippen LogP contribution in [0.25, 0.3) is 0 Å². The summed E-state index contributed by atoms with van der Waals surface area (Å²) in [4.78, 5) is 3.83. The Balaban J connectivity index is 2.43. The Morgan fingerprint density at radius 3 is 3.20 bits per heavy atom. The van der Waals surface area contributed by atoms with Crippen molar-refractivity contribution in [2.45, 2.75) is 13.5 Å². The maximum Gasteiger partial charge on any atom is 0.0945 e. The third-order valence-electron chi connectivity index (χ3n) is 1.13. The molecule has 10 heavy (non-hydrogen) atoms. The van der Waals surface area contributed by atoms with Crippen LogP contribution >= 0.6 is 0 Å². The minimum absolute atomic E-state index is 0.615. The summed E-state index contributed by atoms with van der Waals surface area (Å²) in [6, 6.07) is 3.83. The van der Waals surface area contributed by atoms with E-state index >= 15 is 0 Å². The van der Waals surface area contributed by atoms with E-state index in [1.165, 1.54) is 0 Å². The quantitative estimate of drug-likeness (QED) is 0.627. The van der Waals surface area contributed by atoms with Gasteiger partial charge in [0.25, 0.3) is 0 Å². The van der Waals surface area contributed by atoms with E-state index in [2.05, 4.69) is 11.2 Å². The molecule has 0 aliphatic carbocycles. The minimum atomic E-state index is 0.615. The van der Waals surface area contributed by atoms with Gasteiger partial charge in [-0.25, -0.2) is 0 Å². The Morgan fingerprint density at radius 1 is 1.70 bits per heavy atom. The van der Waals surface area contributed by atoms with E-state index in [1.807, 2.05) is 19.1 Å². The highest BCUT2D eigenvalue weighted by molar-refractivity contribution is 5.05. The molecule has 0 aliphatic rings. The Kier molecular flexibility index (Phi) is 2.90. The van der Waals surface area contributed by atoms with E-state index in [1.54, 1.807) is 6.20 Å². The largest absolute Gasteiger partial charge is 0.377 e. The predicted molar refractivity (Wildman–Crippen MR) is 38.4 cm³/mol. The second-order valence-corrected chi connectivity index (χ2v) is 1.91. The molecule has 0 aliphatic heterocycles. The predicted octanol–water partition coefficient (Wildman–Crippen LogP) is 1.42. The summed E-state index contributed by atoms with van der Waals surface area (Å²) in [5.41, 5.74) is 1.00. The average Bonchev–Trinajstić information content (AvgIpc) is 2.03. The summed E-state index contributed by atoms with van der Waals surface area (Å²) >= 11 is 0. The number of nitrogens with zero attached hydrogens (tertiary/aromatic N) is 1. The zero-order chi connectivity index (χ0) is 7.23. The number of aromatic nitrogens is 1. The van der Waals surface area contributed by atoms with Gasteiger partial charge in [-0.2, -0.15) is 0 Å². The van der Waals surface area contributed by atoms with Crippen LogP contribution in [0.3, 0.4) is 0 Å². The smallest absolute Gasteiger partial charge is 0.0945 e. The first-order chi connectivity index (χ1) is 4.93. The van der Waals surface area contributed by atoms with E-state index in [0.29, 0.717) is 6.61 Å². The molecule has 2 heteroatoms. The zero-order valence-electron chi connectivity index (χ0n) is 6.00. The van der Waals surface area contributed by atoms with Crippen LogP contribution < -0.4 is 0 Å². The van der Waals surface area contributed by atoms with Gasteiger partial charge >= 0.3 is 0 Å². The highest BCUT2D eigenvalue weighted by Crippen LogP contribution is 1.95. The van der Waals surface area contributed by atoms with Gasteiger partial charge in [-0.05, 0) is 13.0 Å². The summed E-state index contributed by atoms with van der Waals surface area (Å²) in [6.07, 6.45) is 4.53. The van der Waals surface area contributed by atoms with Crippen molar-refractivity contribution in [1.29, 1.82) is 0 Å². The molecule has 1 heterocycles. The first-order valence-corrected chi connectivity index (χ1v) is 3.33. The Hall–Kier alpha value is -0.890. The van der Waals surface area contributed by atoms with E-state index in [9.17, 15) is 0 Å². The van der Waals surface area contributed by atoms with Crippen molar-refractivity contribution < 1.29 is 4.74 Å². The molecule has 0 spiro atoms. The van der Waals surface area contributed by atoms with Gasteiger partial charge in [0, 0.05) is 18.4 Å². The zero-order valence-corrected chi connectivity index (χ0v) is 6.00. The van der Waals surface area contributed by atoms with Gasteiger partial charge in [0.05, 0.1) is 12.8 Å². The molecule has 0 saturated heterocycles. The van der Waals surface area contributed by atoms with Crippen LogP contribution in [0.5, 0.6) is 0 Å². The van der Waals surface area contributed by atoms with Gasteiger partial charge in [0.15, 0.2) is 0 Å². The molecule has 1 radical (unpaired) electrons. The monoisotopic (exact) mass is 136 g/mol. The highest BCUT2D eigenvalue weighted by atomic mass is 16.5. The summed E-state index contributed by atoms with van der Waals surface area (Å²) in [7, 11) is 0. The molecule has 0 unspecified atom stereocenters. The van der Waals surface area contributed by atoms with E-state index < -0.39 is 0 Å². The van der Waals surface area contributed by atoms with Crippen LogP contribution in [0.2, 0.25) is 0 Å². The van der Waals surface area contributed by atoms with Crippen LogP contribution in [-0.4, -0.2) is 11.6 Å². The molecule has 1 rings (SSSR count). The highest BCUT2D eigenvalue weighted by Gasteiger charge is 1.88. The fraction of sp³-hybridized carbons (Fsp3) is 0.375. The van der Waals surface area contributed by atoms with Gasteiger partial charge in [-0.15, -0.1) is 0 Å². The molecule has 0 saturated carbocycles. The van der Waals surface area contributed by atoms with Gasteiger partial charge in [0.2, 0.25) is 0 Å². The topological polar surface area (TPSA) is 22.1 Å². The van der Waals surface area contributed by atoms with Crippen molar-refractivity contribution in [3.8, 4) is 0 Å². The molecular formula is C8H10NO. The number of pyridine rings is 1. The first-order valence-electron chi connectivity index (χ1n) is 3.33. The maximum atomic E-state index is 5.15. The third kappa shape index (κ3) is 2.15. The van der Waals surface area contributed by atoms with Crippen LogP contribution in [0.15, 0.2) is 18.3 Å². The van der Waals surface area contributed by atoms with Crippen LogP contribution in [0.1, 0.15) is 12.5 Å². The summed E-state index contributed by atoms with van der Waals surface area (Å²) in [5.74, 6) is 0. The molecular weight excluding hydrogens is 126 g/mol. The number of rotatable bonds is 3. The van der Waals surface area contributed by atoms with Crippen molar-refractivity contribution >= 4 is 0 Å². The molecule has 0 aromatic carbocycles. The molecule has 0 bridgehead atoms. The average molecular weight is 136 g/mol. The maximum absolute atomic E-state index is 5.15. The molecule has 53 valence electrons. The van der Waals surface area contributed by atoms with Crippen molar-refractivity contribution in [3.05, 3.63) is 30.1 Å². The van der Waals surface area contributed by atoms with Crippen LogP contribution in [0, 0.1) is 6.20 Å². The molecule has 2 nitrogen and oxygen atoms in total. The molecule has 0 amide bonds. The van der Waals surface area contributed by atoms with Crippen molar-refractivity contribution in [1.82, 2.24) is 4.98 Å². The third-order valence-corrected chi connectivity index (χ3v) is 1.13. The fourth-order valence-electron chi connectivity index (χ4n) is 0.652. The molecule has 1 aromatic rings. The molecule has 1 aromatic heterocycles. The summed E-state index contributed by atoms with van der Waals surface area (Å²) in [5, 5.41) is 0. The first kappa shape index (κ1) is 7.22. The molecule has 0 N–H and O–H groups in total. The van der Waals surface area contributed by atoms with Crippen LogP contribution in [0.4, 0.5) is 0 Å². The molecule has 0 atom stereocenters. The van der Waals surface area contributed by atoms with Crippen LogP contribution in [-0.2, 0) is 11.3 Å². The fourth-order valence-corrected chi connectivity index (χ4v) is 0.652. The summed E-state index contributed by atoms with van der Waals surface area (Å²) < 4.78 is 5.15. The van der Waals surface area contributed by atoms with E-state index in [4.69, 9.17) is 4.74 Å². The van der Waals surface area contributed by atoms with E-state index in [-0.39, 0.29) is 0 Å². The second kappa shape index (κ2) is 4.01. The van der Waals surface area contributed by atoms with E-state index in [0.717, 1.165) is 12.2 Å². The summed E-state index contributed by atoms with van der Waals surface area (Å²) in [6.45, 7) is 3.32. The second-order valence-electron chi connectivity index (χ2n) is 1.91. The lowest BCUT2D eigenvalue weighted by molar-refractivity contribution is 0.133. The molecule has 0 fully saturated rings. The Labute approximate surface area is 60.9 Å². The SMILES string of the molecule is CCOCc1[c]nccc1. The minimum Gasteiger partial charge on any atom is -0.377 e. The van der Waals surface area contributed by atoms with Crippen molar-refractivity contribution in [2.75, 3.05) is 6.61 Å². The normalized spacial score (nSPS) is 9.70. The number of hydrogen-bond donors (Lipinski definition) is 0. The lowest BCUT2D eigenvalue weighted by atomic mass is 10.3. The Bertz CT molecular complexity index is 174. The standard InChI is InChI=1S/C8H10NO/c1-2-10-7-8-4-3-5-9-6-8/h3-5H,2,7H2,1H3. The van der Waals surface area contributed by atoms with Gasteiger partial charge in [0.1, 0.15) is 0 Å². The van der Waals surface area contributed by atoms with Gasteiger partial charge in [-0.1, -0.05) is 6.07 Å². The number of ether oxygens (including phenoxy) is 1. The van der Waals surface area contributed by atoms with Crippen molar-refractivity contribution in [2.24, 2.45) is 0 Å². The number of hydrogen-bond acceptors (Lipinski definition) is 2. The van der Waals surface area contributed by atoms with Gasteiger partial charge in [-0.3, -0.25) is 4.98 Å². The van der Waals surface area contributed by atoms with Gasteiger partial charge < -0.3 is 4.74 Å². The lowest BCUT2D eigenvalue weighted by Gasteiger charge is -1.97. The van der Waals surface area contributed by atoms with Crippen molar-refractivity contribution in [3.63, 3.8) is 0 Å². The lowest BCUT2D eigenvalue weighted by Crippen LogP contribution is -1.91.